The first-order valence-electron chi connectivity index (χ1n) is 7.31. The molecule has 0 atom stereocenters. The van der Waals surface area contributed by atoms with Crippen LogP contribution >= 0.6 is 22.9 Å². The van der Waals surface area contributed by atoms with Crippen molar-refractivity contribution >= 4 is 45.4 Å². The van der Waals surface area contributed by atoms with Gasteiger partial charge in [0.25, 0.3) is 0 Å². The first-order chi connectivity index (χ1) is 12.4. The lowest BCUT2D eigenvalue weighted by atomic mass is 10.1. The minimum absolute atomic E-state index is 0.0504. The number of hydrogen-bond donors (Lipinski definition) is 2. The number of thiazole rings is 1. The minimum atomic E-state index is -2.99. The summed E-state index contributed by atoms with van der Waals surface area (Å²) in [4.78, 5) is 16.9. The van der Waals surface area contributed by atoms with Crippen LogP contribution in [0.15, 0.2) is 48.5 Å². The number of nitrogen functional groups attached to an aromatic ring is 1. The van der Waals surface area contributed by atoms with Gasteiger partial charge in [0.15, 0.2) is 5.13 Å². The third kappa shape index (κ3) is 4.09. The summed E-state index contributed by atoms with van der Waals surface area (Å²) in [6, 6.07) is 13.0. The number of anilines is 3. The van der Waals surface area contributed by atoms with Crippen LogP contribution in [0.3, 0.4) is 0 Å². The van der Waals surface area contributed by atoms with Gasteiger partial charge in [0, 0.05) is 17.3 Å². The molecular formula is C17H12ClF2N3O2S. The van der Waals surface area contributed by atoms with Crippen molar-refractivity contribution in [2.75, 3.05) is 11.1 Å². The number of ketones is 1. The van der Waals surface area contributed by atoms with E-state index >= 15 is 0 Å². The Balaban J connectivity index is 1.83. The standard InChI is InChI=1S/C17H12ClF2N3O2S/c18-11-7-6-10(8-12(11)25-16(19)20)22-17-23-15(21)14(26-17)13(24)9-4-2-1-3-5-9/h1-8,16H,21H2,(H,22,23). The maximum Gasteiger partial charge on any atom is 0.387 e. The lowest BCUT2D eigenvalue weighted by Crippen LogP contribution is -2.02. The van der Waals surface area contributed by atoms with E-state index in [9.17, 15) is 13.6 Å². The second-order valence-corrected chi connectivity index (χ2v) is 6.48. The number of nitrogens with zero attached hydrogens (tertiary/aromatic N) is 1. The van der Waals surface area contributed by atoms with Crippen molar-refractivity contribution < 1.29 is 18.3 Å². The molecule has 3 aromatic rings. The van der Waals surface area contributed by atoms with Crippen LogP contribution in [0.5, 0.6) is 5.75 Å². The Kier molecular flexibility index (Phi) is 5.34. The van der Waals surface area contributed by atoms with Gasteiger partial charge in [-0.25, -0.2) is 4.98 Å². The summed E-state index contributed by atoms with van der Waals surface area (Å²) >= 11 is 6.88. The molecule has 3 N–H and O–H groups in total. The molecule has 5 nitrogen and oxygen atoms in total. The molecule has 0 saturated carbocycles. The van der Waals surface area contributed by atoms with Crippen molar-refractivity contribution in [3.05, 3.63) is 64.0 Å². The van der Waals surface area contributed by atoms with E-state index in [1.807, 2.05) is 0 Å². The molecule has 9 heteroatoms. The number of carbonyl (C=O) groups is 1. The number of nitrogens with two attached hydrogens (primary N) is 1. The Morgan fingerprint density at radius 1 is 1.23 bits per heavy atom. The van der Waals surface area contributed by atoms with Crippen LogP contribution in [0, 0.1) is 0 Å². The number of hydrogen-bond acceptors (Lipinski definition) is 6. The third-order valence-corrected chi connectivity index (χ3v) is 4.59. The smallest absolute Gasteiger partial charge is 0.387 e. The molecule has 0 aliphatic carbocycles. The number of carbonyl (C=O) groups excluding carboxylic acids is 1. The van der Waals surface area contributed by atoms with Crippen molar-refractivity contribution in [3.8, 4) is 5.75 Å². The molecule has 0 unspecified atom stereocenters. The third-order valence-electron chi connectivity index (χ3n) is 3.29. The Morgan fingerprint density at radius 2 is 1.96 bits per heavy atom. The monoisotopic (exact) mass is 395 g/mol. The van der Waals surface area contributed by atoms with Gasteiger partial charge in [-0.1, -0.05) is 53.3 Å². The Labute approximate surface area is 156 Å². The average Bonchev–Trinajstić information content (AvgIpc) is 2.98. The van der Waals surface area contributed by atoms with Gasteiger partial charge < -0.3 is 15.8 Å². The summed E-state index contributed by atoms with van der Waals surface area (Å²) in [6.45, 7) is -2.99. The number of aromatic nitrogens is 1. The first-order valence-corrected chi connectivity index (χ1v) is 8.51. The first kappa shape index (κ1) is 18.1. The number of rotatable bonds is 6. The fourth-order valence-corrected chi connectivity index (χ4v) is 3.19. The average molecular weight is 396 g/mol. The number of ether oxygens (including phenoxy) is 1. The van der Waals surface area contributed by atoms with Gasteiger partial charge in [-0.05, 0) is 12.1 Å². The van der Waals surface area contributed by atoms with Gasteiger partial charge in [-0.2, -0.15) is 8.78 Å². The summed E-state index contributed by atoms with van der Waals surface area (Å²) in [7, 11) is 0. The van der Waals surface area contributed by atoms with E-state index in [1.165, 1.54) is 12.1 Å². The highest BCUT2D eigenvalue weighted by Crippen LogP contribution is 2.33. The maximum atomic E-state index is 12.5. The number of alkyl halides is 2. The summed E-state index contributed by atoms with van der Waals surface area (Å²) in [6.07, 6.45) is 0. The van der Waals surface area contributed by atoms with E-state index in [2.05, 4.69) is 15.0 Å². The predicted molar refractivity (Wildman–Crippen MR) is 97.8 cm³/mol. The summed E-state index contributed by atoms with van der Waals surface area (Å²) < 4.78 is 29.1. The largest absolute Gasteiger partial charge is 0.433 e. The van der Waals surface area contributed by atoms with Crippen LogP contribution in [0.2, 0.25) is 5.02 Å². The van der Waals surface area contributed by atoms with Crippen molar-refractivity contribution in [2.24, 2.45) is 0 Å². The second-order valence-electron chi connectivity index (χ2n) is 5.08. The summed E-state index contributed by atoms with van der Waals surface area (Å²) in [5, 5.41) is 3.29. The van der Waals surface area contributed by atoms with Crippen molar-refractivity contribution in [3.63, 3.8) is 0 Å². The zero-order valence-corrected chi connectivity index (χ0v) is 14.7. The molecule has 0 saturated heterocycles. The molecular weight excluding hydrogens is 384 g/mol. The topological polar surface area (TPSA) is 77.2 Å². The minimum Gasteiger partial charge on any atom is -0.433 e. The molecule has 0 radical (unpaired) electrons. The van der Waals surface area contributed by atoms with Crippen molar-refractivity contribution in [2.45, 2.75) is 6.61 Å². The maximum absolute atomic E-state index is 12.5. The quantitative estimate of drug-likeness (QED) is 0.577. The highest BCUT2D eigenvalue weighted by molar-refractivity contribution is 7.18. The highest BCUT2D eigenvalue weighted by atomic mass is 35.5. The Morgan fingerprint density at radius 3 is 2.65 bits per heavy atom. The number of halogens is 3. The predicted octanol–water partition coefficient (Wildman–Crippen LogP) is 4.95. The van der Waals surface area contributed by atoms with Gasteiger partial charge in [-0.15, -0.1) is 0 Å². The van der Waals surface area contributed by atoms with Crippen molar-refractivity contribution in [1.29, 1.82) is 0 Å². The van der Waals surface area contributed by atoms with Crippen LogP contribution in [-0.2, 0) is 0 Å². The molecule has 134 valence electrons. The van der Waals surface area contributed by atoms with Gasteiger partial charge in [-0.3, -0.25) is 4.79 Å². The molecule has 0 fully saturated rings. The van der Waals surface area contributed by atoms with Crippen LogP contribution in [0.25, 0.3) is 0 Å². The fraction of sp³-hybridized carbons (Fsp3) is 0.0588. The van der Waals surface area contributed by atoms with E-state index in [4.69, 9.17) is 17.3 Å². The normalized spacial score (nSPS) is 10.8. The molecule has 2 aromatic carbocycles. The van der Waals surface area contributed by atoms with Gasteiger partial charge in [0.2, 0.25) is 5.78 Å². The molecule has 3 rings (SSSR count). The molecule has 0 bridgehead atoms. The molecule has 0 aliphatic heterocycles. The van der Waals surface area contributed by atoms with Crippen LogP contribution in [0.1, 0.15) is 15.2 Å². The SMILES string of the molecule is Nc1nc(Nc2ccc(Cl)c(OC(F)F)c2)sc1C(=O)c1ccccc1. The van der Waals surface area contributed by atoms with E-state index in [1.54, 1.807) is 36.4 Å². The van der Waals surface area contributed by atoms with Gasteiger partial charge >= 0.3 is 6.61 Å². The van der Waals surface area contributed by atoms with Gasteiger partial charge in [0.1, 0.15) is 16.4 Å². The summed E-state index contributed by atoms with van der Waals surface area (Å²) in [5.74, 6) is -0.326. The fourth-order valence-electron chi connectivity index (χ4n) is 2.16. The van der Waals surface area contributed by atoms with E-state index < -0.39 is 6.61 Å². The molecule has 0 spiro atoms. The molecule has 0 amide bonds. The van der Waals surface area contributed by atoms with Crippen molar-refractivity contribution in [1.82, 2.24) is 4.98 Å². The zero-order valence-electron chi connectivity index (χ0n) is 13.1. The molecule has 1 aromatic heterocycles. The van der Waals surface area contributed by atoms with Crippen LogP contribution in [-0.4, -0.2) is 17.4 Å². The Hall–Kier alpha value is -2.71. The lowest BCUT2D eigenvalue weighted by molar-refractivity contribution is -0.0497. The number of nitrogens with one attached hydrogen (secondary N) is 1. The zero-order chi connectivity index (χ0) is 18.7. The molecule has 0 aliphatic rings. The molecule has 1 heterocycles. The number of benzene rings is 2. The Bertz CT molecular complexity index is 935. The van der Waals surface area contributed by atoms with E-state index in [0.29, 0.717) is 16.4 Å². The van der Waals surface area contributed by atoms with E-state index in [-0.39, 0.29) is 27.3 Å². The second kappa shape index (κ2) is 7.67. The van der Waals surface area contributed by atoms with E-state index in [0.717, 1.165) is 11.3 Å². The van der Waals surface area contributed by atoms with Crippen LogP contribution in [0.4, 0.5) is 25.4 Å². The van der Waals surface area contributed by atoms with Crippen LogP contribution < -0.4 is 15.8 Å². The highest BCUT2D eigenvalue weighted by Gasteiger charge is 2.18. The lowest BCUT2D eigenvalue weighted by Gasteiger charge is -2.09. The molecule has 26 heavy (non-hydrogen) atoms. The van der Waals surface area contributed by atoms with Gasteiger partial charge in [0.05, 0.1) is 5.02 Å². The summed E-state index contributed by atoms with van der Waals surface area (Å²) in [5.41, 5.74) is 6.76.